The van der Waals surface area contributed by atoms with E-state index in [2.05, 4.69) is 47.7 Å². The van der Waals surface area contributed by atoms with Crippen molar-refractivity contribution in [2.75, 3.05) is 10.7 Å². The molecule has 2 aromatic carbocycles. The molecule has 1 heterocycles. The van der Waals surface area contributed by atoms with Crippen molar-refractivity contribution < 1.29 is 0 Å². The smallest absolute Gasteiger partial charge is 0.0973 e. The number of aryl methyl sites for hydroxylation is 1. The van der Waals surface area contributed by atoms with Crippen molar-refractivity contribution in [3.8, 4) is 0 Å². The summed E-state index contributed by atoms with van der Waals surface area (Å²) in [5.41, 5.74) is 18.4. The Balaban J connectivity index is 2.06. The van der Waals surface area contributed by atoms with Crippen molar-refractivity contribution in [3.05, 3.63) is 88.3 Å². The molecule has 0 aliphatic carbocycles. The molecule has 0 radical (unpaired) electrons. The number of allylic oxidation sites excluding steroid dienone is 1. The molecule has 0 amide bonds. The summed E-state index contributed by atoms with van der Waals surface area (Å²) in [5.74, 6) is 6.39. The fourth-order valence-corrected chi connectivity index (χ4v) is 4.25. The fraction of sp³-hybridized carbons (Fsp3) is 0.0476. The van der Waals surface area contributed by atoms with E-state index >= 15 is 0 Å². The highest BCUT2D eigenvalue weighted by Gasteiger charge is 2.17. The molecule has 9 heteroatoms. The molecule has 0 saturated carbocycles. The second kappa shape index (κ2) is 10.3. The van der Waals surface area contributed by atoms with Gasteiger partial charge in [-0.2, -0.15) is 0 Å². The molecule has 1 aromatic heterocycles. The van der Waals surface area contributed by atoms with Gasteiger partial charge in [-0.3, -0.25) is 14.8 Å². The largest absolute Gasteiger partial charge is 0.404 e. The van der Waals surface area contributed by atoms with Crippen LogP contribution in [0.5, 0.6) is 0 Å². The van der Waals surface area contributed by atoms with E-state index in [0.29, 0.717) is 17.7 Å². The number of rotatable bonds is 6. The number of aromatic nitrogens is 1. The predicted molar refractivity (Wildman–Crippen MR) is 141 cm³/mol. The molecule has 6 nitrogen and oxygen atoms in total. The van der Waals surface area contributed by atoms with Gasteiger partial charge in [-0.1, -0.05) is 28.1 Å². The number of hydrogen-bond donors (Lipinski definition) is 3. The van der Waals surface area contributed by atoms with Gasteiger partial charge in [-0.05, 0) is 83.1 Å². The van der Waals surface area contributed by atoms with Gasteiger partial charge in [0.2, 0.25) is 0 Å². The molecule has 3 rings (SSSR count). The van der Waals surface area contributed by atoms with E-state index < -0.39 is 0 Å². The summed E-state index contributed by atoms with van der Waals surface area (Å²) >= 11 is 5.67. The quantitative estimate of drug-likeness (QED) is 0.0875. The summed E-state index contributed by atoms with van der Waals surface area (Å²) in [7, 11) is 0. The lowest BCUT2D eigenvalue weighted by molar-refractivity contribution is 1.09. The van der Waals surface area contributed by atoms with Crippen LogP contribution in [0.1, 0.15) is 17.0 Å². The molecule has 0 aliphatic rings. The zero-order valence-electron chi connectivity index (χ0n) is 16.2. The Bertz CT molecular complexity index is 1100. The minimum absolute atomic E-state index is 0.325. The van der Waals surface area contributed by atoms with Gasteiger partial charge >= 0.3 is 0 Å². The van der Waals surface area contributed by atoms with Crippen LogP contribution in [0.15, 0.2) is 76.1 Å². The molecule has 0 saturated heterocycles. The minimum Gasteiger partial charge on any atom is -0.404 e. The number of halogens is 2. The van der Waals surface area contributed by atoms with Crippen molar-refractivity contribution in [2.45, 2.75) is 6.92 Å². The second-order valence-electron chi connectivity index (χ2n) is 6.41. The van der Waals surface area contributed by atoms with Crippen LogP contribution in [-0.2, 0) is 0 Å². The average molecular weight is 595 g/mol. The number of nitrogens with zero attached hydrogens (tertiary/aromatic N) is 3. The number of nitrogen functional groups attached to an aromatic ring is 1. The average Bonchev–Trinajstić information content (AvgIpc) is 2.74. The Morgan fingerprint density at radius 2 is 1.90 bits per heavy atom. The van der Waals surface area contributed by atoms with Crippen LogP contribution in [0.3, 0.4) is 0 Å². The summed E-state index contributed by atoms with van der Waals surface area (Å²) in [4.78, 5) is 4.63. The lowest BCUT2D eigenvalue weighted by Gasteiger charge is -2.22. The van der Waals surface area contributed by atoms with Gasteiger partial charge in [-0.25, -0.2) is 5.84 Å². The number of pyridine rings is 1. The Labute approximate surface area is 199 Å². The highest BCUT2D eigenvalue weighted by atomic mass is 127. The van der Waals surface area contributed by atoms with Crippen LogP contribution in [-0.4, -0.2) is 10.7 Å². The molecular formula is C21H21BrIN6P. The number of benzene rings is 2. The molecule has 0 spiro atoms. The maximum Gasteiger partial charge on any atom is 0.0973 e. The number of anilines is 3. The van der Waals surface area contributed by atoms with Gasteiger partial charge in [0.25, 0.3) is 0 Å². The maximum absolute atomic E-state index is 6.39. The highest BCUT2D eigenvalue weighted by Crippen LogP contribution is 2.33. The third-order valence-corrected chi connectivity index (χ3v) is 5.97. The number of nitrogens with two attached hydrogens (primary N) is 3. The zero-order valence-corrected chi connectivity index (χ0v) is 20.9. The topological polar surface area (TPSA) is 107 Å². The molecule has 154 valence electrons. The van der Waals surface area contributed by atoms with E-state index in [4.69, 9.17) is 17.3 Å². The molecule has 1 atom stereocenters. The van der Waals surface area contributed by atoms with Gasteiger partial charge < -0.3 is 11.5 Å². The van der Waals surface area contributed by atoms with Crippen molar-refractivity contribution in [1.82, 2.24) is 4.98 Å². The summed E-state index contributed by atoms with van der Waals surface area (Å²) in [6.07, 6.45) is 1.88. The standard InChI is InChI=1S/C21H21BrIN6P/c1-13-3-2-4-19(27-13)21(28-30-23)17(12-24)14-5-10-18(25)20(11-14)29(26)16-8-6-15(22)7-9-16/h2-12,30H,24-26H2,1H3/b17-12-,28-21-. The van der Waals surface area contributed by atoms with E-state index in [-0.39, 0.29) is 0 Å². The first-order valence-corrected chi connectivity index (χ1v) is 13.8. The molecule has 0 aliphatic heterocycles. The maximum atomic E-state index is 6.39. The highest BCUT2D eigenvalue weighted by molar-refractivity contribution is 14.2. The van der Waals surface area contributed by atoms with E-state index in [0.717, 1.165) is 38.4 Å². The molecule has 0 fully saturated rings. The van der Waals surface area contributed by atoms with Crippen LogP contribution in [0.4, 0.5) is 17.1 Å². The Kier molecular flexibility index (Phi) is 7.82. The minimum atomic E-state index is 0.325. The SMILES string of the molecule is Cc1cccc(C(=N\PI)/C(=C\N)c2ccc(N)c(N(N)c3ccc(Br)cc3)c2)n1. The van der Waals surface area contributed by atoms with Gasteiger partial charge in [0.1, 0.15) is 0 Å². The first-order chi connectivity index (χ1) is 14.4. The Morgan fingerprint density at radius 1 is 1.17 bits per heavy atom. The van der Waals surface area contributed by atoms with Crippen LogP contribution in [0.25, 0.3) is 5.57 Å². The van der Waals surface area contributed by atoms with Crippen LogP contribution >= 0.6 is 44.3 Å². The molecule has 0 bridgehead atoms. The van der Waals surface area contributed by atoms with Crippen LogP contribution < -0.4 is 22.3 Å². The monoisotopic (exact) mass is 594 g/mol. The molecule has 3 aromatic rings. The van der Waals surface area contributed by atoms with Gasteiger partial charge in [-0.15, -0.1) is 0 Å². The Hall–Kier alpha value is -2.00. The van der Waals surface area contributed by atoms with Gasteiger partial charge in [0.15, 0.2) is 0 Å². The number of hydrogen-bond acceptors (Lipinski definition) is 6. The normalized spacial score (nSPS) is 12.5. The zero-order chi connectivity index (χ0) is 21.7. The third kappa shape index (κ3) is 5.18. The predicted octanol–water partition coefficient (Wildman–Crippen LogP) is 5.48. The molecule has 1 unspecified atom stereocenters. The van der Waals surface area contributed by atoms with E-state index in [1.807, 2.05) is 67.6 Å². The summed E-state index contributed by atoms with van der Waals surface area (Å²) in [6, 6.07) is 19.2. The van der Waals surface area contributed by atoms with E-state index in [9.17, 15) is 0 Å². The van der Waals surface area contributed by atoms with Crippen molar-refractivity contribution >= 4 is 72.7 Å². The van der Waals surface area contributed by atoms with Crippen molar-refractivity contribution in [2.24, 2.45) is 16.3 Å². The first-order valence-electron chi connectivity index (χ1n) is 8.94. The van der Waals surface area contributed by atoms with Gasteiger partial charge in [0.05, 0.1) is 34.8 Å². The lowest BCUT2D eigenvalue weighted by Crippen LogP contribution is -2.26. The number of hydrazine groups is 1. The van der Waals surface area contributed by atoms with Crippen molar-refractivity contribution in [3.63, 3.8) is 0 Å². The van der Waals surface area contributed by atoms with Crippen LogP contribution in [0, 0.1) is 6.92 Å². The van der Waals surface area contributed by atoms with Crippen LogP contribution in [0.2, 0.25) is 0 Å². The van der Waals surface area contributed by atoms with Gasteiger partial charge in [0, 0.05) is 21.9 Å². The lowest BCUT2D eigenvalue weighted by atomic mass is 9.98. The summed E-state index contributed by atoms with van der Waals surface area (Å²) < 4.78 is 5.66. The first kappa shape index (κ1) is 22.7. The summed E-state index contributed by atoms with van der Waals surface area (Å²) in [6.45, 7) is 1.95. The Morgan fingerprint density at radius 3 is 2.53 bits per heavy atom. The second-order valence-corrected chi connectivity index (χ2v) is 9.17. The third-order valence-electron chi connectivity index (χ3n) is 4.41. The molecule has 30 heavy (non-hydrogen) atoms. The molecular weight excluding hydrogens is 574 g/mol. The molecule has 6 N–H and O–H groups in total. The van der Waals surface area contributed by atoms with E-state index in [1.165, 1.54) is 0 Å². The van der Waals surface area contributed by atoms with Crippen molar-refractivity contribution in [1.29, 1.82) is 0 Å². The van der Waals surface area contributed by atoms with E-state index in [1.54, 1.807) is 11.2 Å². The fourth-order valence-electron chi connectivity index (χ4n) is 2.95. The summed E-state index contributed by atoms with van der Waals surface area (Å²) in [5, 5.41) is 1.56.